The first kappa shape index (κ1) is 7.12. The zero-order chi connectivity index (χ0) is 8.39. The van der Waals surface area contributed by atoms with Crippen molar-refractivity contribution in [2.24, 2.45) is 0 Å². The molecule has 0 aliphatic carbocycles. The number of nitrogens with zero attached hydrogens (tertiary/aromatic N) is 1. The third kappa shape index (κ3) is 1.12. The maximum Gasteiger partial charge on any atom is 0.162 e. The molecule has 0 saturated heterocycles. The third-order valence-electron chi connectivity index (χ3n) is 1.49. The summed E-state index contributed by atoms with van der Waals surface area (Å²) in [6.07, 6.45) is 1.56. The second-order valence-electron chi connectivity index (χ2n) is 2.31. The van der Waals surface area contributed by atoms with Crippen molar-refractivity contribution in [1.29, 1.82) is 0 Å². The van der Waals surface area contributed by atoms with E-state index in [1.54, 1.807) is 24.5 Å². The fourth-order valence-electron chi connectivity index (χ4n) is 0.928. The smallest absolute Gasteiger partial charge is 0.162 e. The molecule has 0 fully saturated rings. The number of rotatable bonds is 2. The van der Waals surface area contributed by atoms with Crippen LogP contribution in [0.2, 0.25) is 0 Å². The van der Waals surface area contributed by atoms with E-state index < -0.39 is 0 Å². The number of aromatic nitrogens is 1. The number of aliphatic hydroxyl groups is 1. The van der Waals surface area contributed by atoms with Crippen molar-refractivity contribution in [3.63, 3.8) is 0 Å². The van der Waals surface area contributed by atoms with E-state index in [0.29, 0.717) is 17.2 Å². The highest BCUT2D eigenvalue weighted by Gasteiger charge is 2.06. The Labute approximate surface area is 68.4 Å². The first-order valence-electron chi connectivity index (χ1n) is 3.50. The lowest BCUT2D eigenvalue weighted by molar-refractivity contribution is 0.229. The highest BCUT2D eigenvalue weighted by Crippen LogP contribution is 2.18. The quantitative estimate of drug-likeness (QED) is 0.731. The van der Waals surface area contributed by atoms with Gasteiger partial charge < -0.3 is 14.0 Å². The average Bonchev–Trinajstić information content (AvgIpc) is 2.75. The lowest BCUT2D eigenvalue weighted by Gasteiger charge is -1.82. The maximum absolute atomic E-state index is 8.68. The van der Waals surface area contributed by atoms with Crippen LogP contribution in [0.5, 0.6) is 0 Å². The van der Waals surface area contributed by atoms with E-state index >= 15 is 0 Å². The summed E-state index contributed by atoms with van der Waals surface area (Å²) >= 11 is 0. The Morgan fingerprint density at radius 3 is 3.00 bits per heavy atom. The molecule has 2 aromatic rings. The lowest BCUT2D eigenvalue weighted by atomic mass is 10.3. The van der Waals surface area contributed by atoms with Crippen LogP contribution in [0.25, 0.3) is 11.5 Å². The summed E-state index contributed by atoms with van der Waals surface area (Å²) in [6.45, 7) is -0.145. The Morgan fingerprint density at radius 2 is 2.42 bits per heavy atom. The van der Waals surface area contributed by atoms with Crippen LogP contribution >= 0.6 is 0 Å². The van der Waals surface area contributed by atoms with Gasteiger partial charge in [0.2, 0.25) is 0 Å². The standard InChI is InChI=1S/C8H7NO3/c10-5-6-4-7(9-12-6)8-2-1-3-11-8/h1-4,10H,5H2. The average molecular weight is 165 g/mol. The molecule has 0 radical (unpaired) electrons. The van der Waals surface area contributed by atoms with Crippen molar-refractivity contribution < 1.29 is 14.0 Å². The SMILES string of the molecule is OCc1cc(-c2ccco2)no1. The highest BCUT2D eigenvalue weighted by molar-refractivity contribution is 5.50. The second-order valence-corrected chi connectivity index (χ2v) is 2.31. The molecule has 4 heteroatoms. The number of hydrogen-bond acceptors (Lipinski definition) is 4. The molecule has 2 aromatic heterocycles. The molecule has 0 unspecified atom stereocenters. The van der Waals surface area contributed by atoms with Gasteiger partial charge in [-0.15, -0.1) is 0 Å². The molecule has 0 atom stereocenters. The van der Waals surface area contributed by atoms with Gasteiger partial charge in [-0.25, -0.2) is 0 Å². The summed E-state index contributed by atoms with van der Waals surface area (Å²) in [5.74, 6) is 1.07. The Hall–Kier alpha value is -1.55. The van der Waals surface area contributed by atoms with Crippen molar-refractivity contribution in [2.45, 2.75) is 6.61 Å². The van der Waals surface area contributed by atoms with Crippen LogP contribution in [0, 0.1) is 0 Å². The van der Waals surface area contributed by atoms with Gasteiger partial charge in [-0.05, 0) is 12.1 Å². The number of aliphatic hydroxyl groups excluding tert-OH is 1. The van der Waals surface area contributed by atoms with E-state index in [1.165, 1.54) is 0 Å². The second kappa shape index (κ2) is 2.83. The van der Waals surface area contributed by atoms with Crippen LogP contribution in [-0.2, 0) is 6.61 Å². The van der Waals surface area contributed by atoms with Gasteiger partial charge >= 0.3 is 0 Å². The molecule has 0 spiro atoms. The first-order valence-corrected chi connectivity index (χ1v) is 3.50. The Bertz CT molecular complexity index is 350. The normalized spacial score (nSPS) is 10.4. The van der Waals surface area contributed by atoms with Gasteiger partial charge in [-0.3, -0.25) is 0 Å². The van der Waals surface area contributed by atoms with Gasteiger partial charge in [0.25, 0.3) is 0 Å². The third-order valence-corrected chi connectivity index (χ3v) is 1.49. The Balaban J connectivity index is 2.35. The molecule has 0 aromatic carbocycles. The summed E-state index contributed by atoms with van der Waals surface area (Å²) in [4.78, 5) is 0. The molecule has 2 rings (SSSR count). The van der Waals surface area contributed by atoms with Crippen LogP contribution in [-0.4, -0.2) is 10.3 Å². The monoisotopic (exact) mass is 165 g/mol. The molecule has 0 bridgehead atoms. The van der Waals surface area contributed by atoms with Crippen molar-refractivity contribution in [3.8, 4) is 11.5 Å². The van der Waals surface area contributed by atoms with Crippen molar-refractivity contribution >= 4 is 0 Å². The molecule has 0 aliphatic heterocycles. The van der Waals surface area contributed by atoms with Crippen LogP contribution < -0.4 is 0 Å². The Kier molecular flexibility index (Phi) is 1.68. The molecule has 0 amide bonds. The van der Waals surface area contributed by atoms with Gasteiger partial charge in [0.05, 0.1) is 6.26 Å². The van der Waals surface area contributed by atoms with E-state index in [0.717, 1.165) is 0 Å². The van der Waals surface area contributed by atoms with Crippen molar-refractivity contribution in [3.05, 3.63) is 30.2 Å². The highest BCUT2D eigenvalue weighted by atomic mass is 16.5. The predicted octanol–water partition coefficient (Wildman–Crippen LogP) is 1.43. The van der Waals surface area contributed by atoms with Gasteiger partial charge in [0.15, 0.2) is 11.5 Å². The summed E-state index contributed by atoms with van der Waals surface area (Å²) in [7, 11) is 0. The van der Waals surface area contributed by atoms with Crippen LogP contribution in [0.1, 0.15) is 5.76 Å². The van der Waals surface area contributed by atoms with Gasteiger partial charge in [0.1, 0.15) is 12.3 Å². The molecule has 4 nitrogen and oxygen atoms in total. The molecule has 62 valence electrons. The molecule has 1 N–H and O–H groups in total. The number of hydrogen-bond donors (Lipinski definition) is 1. The van der Waals surface area contributed by atoms with Crippen LogP contribution in [0.15, 0.2) is 33.4 Å². The van der Waals surface area contributed by atoms with E-state index in [2.05, 4.69) is 5.16 Å². The van der Waals surface area contributed by atoms with Crippen LogP contribution in [0.3, 0.4) is 0 Å². The fraction of sp³-hybridized carbons (Fsp3) is 0.125. The largest absolute Gasteiger partial charge is 0.463 e. The number of furan rings is 1. The Morgan fingerprint density at radius 1 is 1.50 bits per heavy atom. The van der Waals surface area contributed by atoms with E-state index in [1.807, 2.05) is 0 Å². The maximum atomic E-state index is 8.68. The molecule has 12 heavy (non-hydrogen) atoms. The molecule has 0 saturated carbocycles. The minimum atomic E-state index is -0.145. The van der Waals surface area contributed by atoms with E-state index in [9.17, 15) is 0 Å². The van der Waals surface area contributed by atoms with Gasteiger partial charge in [-0.1, -0.05) is 5.16 Å². The minimum Gasteiger partial charge on any atom is -0.463 e. The van der Waals surface area contributed by atoms with Crippen LogP contribution in [0.4, 0.5) is 0 Å². The first-order chi connectivity index (χ1) is 5.90. The zero-order valence-corrected chi connectivity index (χ0v) is 6.23. The minimum absolute atomic E-state index is 0.145. The summed E-state index contributed by atoms with van der Waals surface area (Å²) in [6, 6.07) is 5.18. The molecule has 2 heterocycles. The zero-order valence-electron chi connectivity index (χ0n) is 6.23. The van der Waals surface area contributed by atoms with Crippen molar-refractivity contribution in [2.75, 3.05) is 0 Å². The molecule has 0 aliphatic rings. The molecular formula is C8H7NO3. The topological polar surface area (TPSA) is 59.4 Å². The summed E-state index contributed by atoms with van der Waals surface area (Å²) < 4.78 is 9.85. The fourth-order valence-corrected chi connectivity index (χ4v) is 0.928. The molecular weight excluding hydrogens is 158 g/mol. The lowest BCUT2D eigenvalue weighted by Crippen LogP contribution is -1.73. The van der Waals surface area contributed by atoms with Gasteiger partial charge in [-0.2, -0.15) is 0 Å². The van der Waals surface area contributed by atoms with E-state index in [4.69, 9.17) is 14.0 Å². The summed E-state index contributed by atoms with van der Waals surface area (Å²) in [5.41, 5.74) is 0.601. The predicted molar refractivity (Wildman–Crippen MR) is 40.1 cm³/mol. The summed E-state index contributed by atoms with van der Waals surface area (Å²) in [5, 5.41) is 12.4. The van der Waals surface area contributed by atoms with Crippen molar-refractivity contribution in [1.82, 2.24) is 5.16 Å². The van der Waals surface area contributed by atoms with Gasteiger partial charge in [0, 0.05) is 6.07 Å². The van der Waals surface area contributed by atoms with E-state index in [-0.39, 0.29) is 6.61 Å².